The third-order valence-electron chi connectivity index (χ3n) is 5.33. The third kappa shape index (κ3) is 4.05. The zero-order valence-corrected chi connectivity index (χ0v) is 17.0. The average Bonchev–Trinajstić information content (AvgIpc) is 3.02. The van der Waals surface area contributed by atoms with Gasteiger partial charge in [-0.05, 0) is 5.56 Å². The Morgan fingerprint density at radius 1 is 0.967 bits per heavy atom. The van der Waals surface area contributed by atoms with Gasteiger partial charge in [0.15, 0.2) is 0 Å². The Morgan fingerprint density at radius 3 is 2.37 bits per heavy atom. The van der Waals surface area contributed by atoms with Crippen molar-refractivity contribution in [2.24, 2.45) is 0 Å². The van der Waals surface area contributed by atoms with Crippen molar-refractivity contribution in [1.29, 1.82) is 0 Å². The highest BCUT2D eigenvalue weighted by Crippen LogP contribution is 2.25. The van der Waals surface area contributed by atoms with Crippen LogP contribution in [0, 0.1) is 0 Å². The first kappa shape index (κ1) is 19.7. The molecule has 0 saturated carbocycles. The van der Waals surface area contributed by atoms with Gasteiger partial charge in [-0.15, -0.1) is 0 Å². The van der Waals surface area contributed by atoms with Crippen LogP contribution in [0.1, 0.15) is 21.7 Å². The first-order valence-electron chi connectivity index (χ1n) is 10.1. The van der Waals surface area contributed by atoms with Crippen LogP contribution in [-0.4, -0.2) is 46.5 Å². The maximum Gasteiger partial charge on any atom is 0.317 e. The van der Waals surface area contributed by atoms with E-state index < -0.39 is 0 Å². The lowest BCUT2D eigenvalue weighted by Gasteiger charge is -2.21. The van der Waals surface area contributed by atoms with Gasteiger partial charge in [0.25, 0.3) is 5.91 Å². The van der Waals surface area contributed by atoms with Gasteiger partial charge in [-0.1, -0.05) is 60.7 Å². The summed E-state index contributed by atoms with van der Waals surface area (Å²) < 4.78 is 2.07. The molecule has 0 fully saturated rings. The highest BCUT2D eigenvalue weighted by atomic mass is 16.2. The van der Waals surface area contributed by atoms with Crippen LogP contribution in [0.3, 0.4) is 0 Å². The van der Waals surface area contributed by atoms with E-state index in [4.69, 9.17) is 0 Å². The van der Waals surface area contributed by atoms with Crippen LogP contribution in [-0.2, 0) is 19.5 Å². The van der Waals surface area contributed by atoms with E-state index in [1.54, 1.807) is 11.9 Å². The molecule has 7 heteroatoms. The first-order chi connectivity index (χ1) is 14.7. The zero-order chi connectivity index (χ0) is 20.9. The molecular weight excluding hydrogens is 378 g/mol. The minimum Gasteiger partial charge on any atom is -0.354 e. The fraction of sp³-hybridized carbons (Fsp3) is 0.261. The molecular formula is C23H25N5O2. The van der Waals surface area contributed by atoms with E-state index in [1.807, 2.05) is 60.7 Å². The number of nitrogens with zero attached hydrogens (tertiary/aromatic N) is 3. The molecule has 154 valence electrons. The third-order valence-corrected chi connectivity index (χ3v) is 5.33. The zero-order valence-electron chi connectivity index (χ0n) is 17.0. The molecule has 2 aromatic carbocycles. The number of hydrogen-bond donors (Lipinski definition) is 2. The van der Waals surface area contributed by atoms with E-state index in [9.17, 15) is 9.59 Å². The number of hydrogen-bond acceptors (Lipinski definition) is 3. The lowest BCUT2D eigenvalue weighted by Crippen LogP contribution is -2.41. The lowest BCUT2D eigenvalue weighted by molar-refractivity contribution is 0.0957. The van der Waals surface area contributed by atoms with E-state index in [0.29, 0.717) is 38.3 Å². The second-order valence-electron chi connectivity index (χ2n) is 7.21. The molecule has 3 aromatic rings. The van der Waals surface area contributed by atoms with Crippen LogP contribution in [0.15, 0.2) is 60.7 Å². The number of imidazole rings is 1. The molecule has 4 rings (SSSR count). The molecule has 2 N–H and O–H groups in total. The van der Waals surface area contributed by atoms with Gasteiger partial charge in [-0.3, -0.25) is 4.79 Å². The molecule has 1 aliphatic heterocycles. The standard InChI is InChI=1S/C23H25N5O2/c1-24-22(29)20-19-12-13-27(23(30)25-16-17-8-4-2-5-9-17)14-15-28(19)21(26-20)18-10-6-3-7-11-18/h2-11H,12-16H2,1H3,(H,24,29)(H,25,30). The number of fused-ring (bicyclic) bond motifs is 1. The van der Waals surface area contributed by atoms with Gasteiger partial charge in [0.2, 0.25) is 0 Å². The van der Waals surface area contributed by atoms with Crippen LogP contribution >= 0.6 is 0 Å². The fourth-order valence-corrected chi connectivity index (χ4v) is 3.75. The van der Waals surface area contributed by atoms with E-state index in [0.717, 1.165) is 22.6 Å². The normalized spacial score (nSPS) is 13.3. The number of nitrogens with one attached hydrogen (secondary N) is 2. The van der Waals surface area contributed by atoms with Crippen molar-refractivity contribution in [3.05, 3.63) is 77.6 Å². The van der Waals surface area contributed by atoms with Gasteiger partial charge >= 0.3 is 6.03 Å². The predicted molar refractivity (Wildman–Crippen MR) is 115 cm³/mol. The van der Waals surface area contributed by atoms with E-state index >= 15 is 0 Å². The second kappa shape index (κ2) is 8.82. The van der Waals surface area contributed by atoms with Gasteiger partial charge < -0.3 is 20.1 Å². The average molecular weight is 403 g/mol. The monoisotopic (exact) mass is 403 g/mol. The summed E-state index contributed by atoms with van der Waals surface area (Å²) >= 11 is 0. The highest BCUT2D eigenvalue weighted by molar-refractivity contribution is 5.94. The van der Waals surface area contributed by atoms with Gasteiger partial charge in [0.05, 0.1) is 5.69 Å². The van der Waals surface area contributed by atoms with Gasteiger partial charge in [-0.25, -0.2) is 9.78 Å². The maximum atomic E-state index is 12.7. The van der Waals surface area contributed by atoms with Crippen LogP contribution in [0.4, 0.5) is 4.79 Å². The number of amides is 3. The van der Waals surface area contributed by atoms with Crippen LogP contribution < -0.4 is 10.6 Å². The molecule has 0 radical (unpaired) electrons. The number of aromatic nitrogens is 2. The highest BCUT2D eigenvalue weighted by Gasteiger charge is 2.27. The summed E-state index contributed by atoms with van der Waals surface area (Å²) in [5, 5.41) is 5.67. The molecule has 3 amide bonds. The Balaban J connectivity index is 1.54. The summed E-state index contributed by atoms with van der Waals surface area (Å²) in [4.78, 5) is 31.6. The van der Waals surface area contributed by atoms with Crippen molar-refractivity contribution in [2.75, 3.05) is 20.1 Å². The van der Waals surface area contributed by atoms with Crippen molar-refractivity contribution in [2.45, 2.75) is 19.5 Å². The van der Waals surface area contributed by atoms with Gasteiger partial charge in [0.1, 0.15) is 11.5 Å². The summed E-state index contributed by atoms with van der Waals surface area (Å²) in [7, 11) is 1.61. The van der Waals surface area contributed by atoms with Crippen LogP contribution in [0.2, 0.25) is 0 Å². The Hall–Kier alpha value is -3.61. The van der Waals surface area contributed by atoms with Crippen LogP contribution in [0.25, 0.3) is 11.4 Å². The van der Waals surface area contributed by atoms with Gasteiger partial charge in [0, 0.05) is 45.2 Å². The van der Waals surface area contributed by atoms with Crippen molar-refractivity contribution >= 4 is 11.9 Å². The smallest absolute Gasteiger partial charge is 0.317 e. The number of urea groups is 1. The molecule has 0 atom stereocenters. The van der Waals surface area contributed by atoms with Crippen molar-refractivity contribution < 1.29 is 9.59 Å². The van der Waals surface area contributed by atoms with Crippen molar-refractivity contribution in [3.63, 3.8) is 0 Å². The summed E-state index contributed by atoms with van der Waals surface area (Å²) in [5.74, 6) is 0.554. The van der Waals surface area contributed by atoms with Crippen LogP contribution in [0.5, 0.6) is 0 Å². The molecule has 7 nitrogen and oxygen atoms in total. The quantitative estimate of drug-likeness (QED) is 0.703. The molecule has 1 aliphatic rings. The second-order valence-corrected chi connectivity index (χ2v) is 7.21. The maximum absolute atomic E-state index is 12.7. The molecule has 1 aromatic heterocycles. The van der Waals surface area contributed by atoms with Gasteiger partial charge in [-0.2, -0.15) is 0 Å². The topological polar surface area (TPSA) is 79.3 Å². The molecule has 0 unspecified atom stereocenters. The fourth-order valence-electron chi connectivity index (χ4n) is 3.75. The number of carbonyl (C=O) groups excluding carboxylic acids is 2. The number of rotatable bonds is 4. The predicted octanol–water partition coefficient (Wildman–Crippen LogP) is 2.68. The summed E-state index contributed by atoms with van der Waals surface area (Å²) in [6.45, 7) is 2.16. The van der Waals surface area contributed by atoms with Crippen molar-refractivity contribution in [3.8, 4) is 11.4 Å². The molecule has 0 bridgehead atoms. The molecule has 30 heavy (non-hydrogen) atoms. The molecule has 0 saturated heterocycles. The number of benzene rings is 2. The first-order valence-corrected chi connectivity index (χ1v) is 10.1. The largest absolute Gasteiger partial charge is 0.354 e. The minimum absolute atomic E-state index is 0.0969. The summed E-state index contributed by atoms with van der Waals surface area (Å²) in [5.41, 5.74) is 3.31. The van der Waals surface area contributed by atoms with E-state index in [-0.39, 0.29) is 11.9 Å². The molecule has 0 aliphatic carbocycles. The molecule has 0 spiro atoms. The summed E-state index contributed by atoms with van der Waals surface area (Å²) in [6, 6.07) is 19.6. The Bertz CT molecular complexity index is 1030. The van der Waals surface area contributed by atoms with Crippen molar-refractivity contribution in [1.82, 2.24) is 25.1 Å². The molecule has 2 heterocycles. The summed E-state index contributed by atoms with van der Waals surface area (Å²) in [6.07, 6.45) is 0.571. The van der Waals surface area contributed by atoms with E-state index in [1.165, 1.54) is 0 Å². The van der Waals surface area contributed by atoms with E-state index in [2.05, 4.69) is 20.2 Å². The lowest BCUT2D eigenvalue weighted by atomic mass is 10.2. The Morgan fingerprint density at radius 2 is 1.67 bits per heavy atom. The Kier molecular flexibility index (Phi) is 5.79. The number of carbonyl (C=O) groups is 2. The Labute approximate surface area is 175 Å². The SMILES string of the molecule is CNC(=O)c1nc(-c2ccccc2)n2c1CCN(C(=O)NCc1ccccc1)CC2. The minimum atomic E-state index is -0.206.